The van der Waals surface area contributed by atoms with Crippen molar-refractivity contribution in [1.29, 1.82) is 0 Å². The first-order chi connectivity index (χ1) is 39.9. The van der Waals surface area contributed by atoms with Crippen LogP contribution < -0.4 is 25.6 Å². The van der Waals surface area contributed by atoms with E-state index in [2.05, 4.69) is 36.7 Å². The van der Waals surface area contributed by atoms with Gasteiger partial charge in [0.2, 0.25) is 23.6 Å². The molecular formula is C66H80F2N8O6S. The monoisotopic (exact) mass is 1150 g/mol. The number of halogens is 2. The molecule has 0 radical (unpaired) electrons. The van der Waals surface area contributed by atoms with Crippen molar-refractivity contribution in [3.8, 4) is 45.7 Å². The molecule has 0 spiro atoms. The Kier molecular flexibility index (Phi) is 18.6. The highest BCUT2D eigenvalue weighted by Crippen LogP contribution is 2.42. The van der Waals surface area contributed by atoms with Gasteiger partial charge in [0.15, 0.2) is 5.82 Å². The van der Waals surface area contributed by atoms with E-state index in [1.54, 1.807) is 23.6 Å². The number of nitrogens with zero attached hydrogens (tertiary/aromatic N) is 5. The number of phenols is 1. The lowest BCUT2D eigenvalue weighted by Gasteiger charge is -2.35. The van der Waals surface area contributed by atoms with E-state index in [1.165, 1.54) is 29.2 Å². The fourth-order valence-corrected chi connectivity index (χ4v) is 14.0. The molecular weight excluding hydrogens is 1070 g/mol. The van der Waals surface area contributed by atoms with Crippen LogP contribution in [-0.4, -0.2) is 104 Å². The summed E-state index contributed by atoms with van der Waals surface area (Å²) in [6, 6.07) is 13.9. The third kappa shape index (κ3) is 13.8. The maximum absolute atomic E-state index is 17.2. The molecule has 14 nitrogen and oxygen atoms in total. The summed E-state index contributed by atoms with van der Waals surface area (Å²) in [5, 5.41) is 32.8. The van der Waals surface area contributed by atoms with Gasteiger partial charge in [-0.1, -0.05) is 115 Å². The number of aromatic hydroxyl groups is 1. The summed E-state index contributed by atoms with van der Waals surface area (Å²) in [7, 11) is 0. The van der Waals surface area contributed by atoms with Crippen molar-refractivity contribution in [2.24, 2.45) is 11.3 Å². The van der Waals surface area contributed by atoms with E-state index in [9.17, 15) is 24.6 Å². The van der Waals surface area contributed by atoms with Gasteiger partial charge in [0.25, 0.3) is 0 Å². The molecule has 4 fully saturated rings. The summed E-state index contributed by atoms with van der Waals surface area (Å²) in [6.45, 7) is 11.1. The lowest BCUT2D eigenvalue weighted by atomic mass is 9.84. The minimum Gasteiger partial charge on any atom is -0.508 e. The number of aromatic nitrogens is 3. The number of rotatable bonds is 21. The number of carbonyl (C=O) groups excluding carboxylic acids is 3. The number of pyridine rings is 2. The topological polar surface area (TPSA) is 182 Å². The Morgan fingerprint density at radius 1 is 0.892 bits per heavy atom. The predicted molar refractivity (Wildman–Crippen MR) is 323 cm³/mol. The second-order valence-corrected chi connectivity index (χ2v) is 25.7. The van der Waals surface area contributed by atoms with Gasteiger partial charge >= 0.3 is 0 Å². The Morgan fingerprint density at radius 3 is 2.31 bits per heavy atom. The summed E-state index contributed by atoms with van der Waals surface area (Å²) in [4.78, 5) is 60.2. The van der Waals surface area contributed by atoms with Crippen LogP contribution in [0.25, 0.3) is 43.2 Å². The van der Waals surface area contributed by atoms with Crippen molar-refractivity contribution >= 4 is 56.4 Å². The van der Waals surface area contributed by atoms with Crippen molar-refractivity contribution in [2.75, 3.05) is 24.5 Å². The van der Waals surface area contributed by atoms with Gasteiger partial charge < -0.3 is 40.7 Å². The number of benzene rings is 3. The normalized spacial score (nSPS) is 21.5. The fourth-order valence-electron chi connectivity index (χ4n) is 13.2. The van der Waals surface area contributed by atoms with Crippen LogP contribution in [0.4, 0.5) is 14.6 Å². The van der Waals surface area contributed by atoms with Gasteiger partial charge in [-0.05, 0) is 98.4 Å². The Balaban J connectivity index is 0.670. The number of aliphatic hydroxyl groups is 1. The number of terminal acetylenes is 1. The Labute approximate surface area is 490 Å². The zero-order chi connectivity index (χ0) is 58.5. The van der Waals surface area contributed by atoms with Crippen molar-refractivity contribution < 1.29 is 38.1 Å². The second-order valence-electron chi connectivity index (χ2n) is 24.9. The van der Waals surface area contributed by atoms with Gasteiger partial charge in [-0.15, -0.1) is 17.8 Å². The Bertz CT molecular complexity index is 3350. The predicted octanol–water partition coefficient (Wildman–Crippen LogP) is 12.0. The fraction of sp³-hybridized carbons (Fsp3) is 0.515. The summed E-state index contributed by atoms with van der Waals surface area (Å²) in [5.41, 5.74) is 4.27. The molecule has 4 unspecified atom stereocenters. The smallest absolute Gasteiger partial charge is 0.246 e. The van der Waals surface area contributed by atoms with Crippen LogP contribution in [0.15, 0.2) is 66.3 Å². The largest absolute Gasteiger partial charge is 0.508 e. The Morgan fingerprint density at radius 2 is 1.61 bits per heavy atom. The molecule has 3 saturated heterocycles. The third-order valence-corrected chi connectivity index (χ3v) is 18.6. The number of ether oxygens (including phenoxy) is 1. The molecule has 440 valence electrons. The number of piperazine rings is 1. The average molecular weight is 1150 g/mol. The number of carbonyl (C=O) groups is 3. The van der Waals surface area contributed by atoms with Crippen LogP contribution in [0.2, 0.25) is 0 Å². The Hall–Kier alpha value is -6.74. The van der Waals surface area contributed by atoms with Gasteiger partial charge in [-0.3, -0.25) is 19.4 Å². The highest BCUT2D eigenvalue weighted by Gasteiger charge is 2.45. The summed E-state index contributed by atoms with van der Waals surface area (Å²) in [6.07, 6.45) is 22.4. The number of hydrogen-bond donors (Lipinski definition) is 5. The van der Waals surface area contributed by atoms with Gasteiger partial charge in [-0.25, -0.2) is 13.8 Å². The van der Waals surface area contributed by atoms with Crippen LogP contribution in [0.3, 0.4) is 0 Å². The molecule has 83 heavy (non-hydrogen) atoms. The lowest BCUT2D eigenvalue weighted by molar-refractivity contribution is -0.144. The molecule has 3 amide bonds. The molecule has 2 bridgehead atoms. The van der Waals surface area contributed by atoms with Gasteiger partial charge in [0.05, 0.1) is 33.8 Å². The quantitative estimate of drug-likeness (QED) is 0.0342. The molecule has 1 aliphatic carbocycles. The van der Waals surface area contributed by atoms with E-state index in [-0.39, 0.29) is 70.8 Å². The minimum absolute atomic E-state index is 0.0207. The number of likely N-dealkylation sites (tertiary alicyclic amines) is 1. The van der Waals surface area contributed by atoms with Gasteiger partial charge in [0.1, 0.15) is 41.3 Å². The molecule has 3 aliphatic heterocycles. The number of anilines is 1. The van der Waals surface area contributed by atoms with Crippen LogP contribution in [0.1, 0.15) is 160 Å². The van der Waals surface area contributed by atoms with Crippen LogP contribution >= 0.6 is 11.3 Å². The van der Waals surface area contributed by atoms with E-state index < -0.39 is 35.2 Å². The van der Waals surface area contributed by atoms with E-state index >= 15 is 8.78 Å². The highest BCUT2D eigenvalue weighted by atomic mass is 32.1. The zero-order valence-electron chi connectivity index (χ0n) is 48.6. The summed E-state index contributed by atoms with van der Waals surface area (Å²) in [5.74, 6) is 1.69. The number of amides is 3. The highest BCUT2D eigenvalue weighted by molar-refractivity contribution is 7.13. The molecule has 1 saturated carbocycles. The number of nitrogens with one attached hydrogen (secondary N) is 3. The van der Waals surface area contributed by atoms with Crippen molar-refractivity contribution in [3.63, 3.8) is 0 Å². The number of hydrogen-bond acceptors (Lipinski definition) is 12. The summed E-state index contributed by atoms with van der Waals surface area (Å²) < 4.78 is 39.1. The van der Waals surface area contributed by atoms with E-state index in [0.29, 0.717) is 58.7 Å². The molecule has 5 N–H and O–H groups in total. The lowest BCUT2D eigenvalue weighted by Crippen LogP contribution is -2.57. The van der Waals surface area contributed by atoms with E-state index in [0.717, 1.165) is 125 Å². The van der Waals surface area contributed by atoms with Crippen LogP contribution in [-0.2, 0) is 14.4 Å². The van der Waals surface area contributed by atoms with E-state index in [1.807, 2.05) is 64.4 Å². The molecule has 8 atom stereocenters. The third-order valence-electron chi connectivity index (χ3n) is 17.6. The van der Waals surface area contributed by atoms with Gasteiger partial charge in [0, 0.05) is 78.5 Å². The SMILES string of the molecule is C#Cc1c(F)ccc2cc(O)cc(-c3ncc4c(N5CC6CCC(C5)N6)nc(OC5CCCC(CCCCCCCCCCC(=O)N[C@@H](C(=O)N6C[C@@H](O)C[C@@H]6C(=O)N[C@@H](C)c6ccc(-c7scnc7C)cc6)C(C)(C)C)C5)cc4c3F)c12. The van der Waals surface area contributed by atoms with Gasteiger partial charge in [-0.2, -0.15) is 4.98 Å². The average Bonchev–Trinajstić information content (AvgIpc) is 4.15. The molecule has 3 aromatic heterocycles. The molecule has 6 heterocycles. The first-order valence-electron chi connectivity index (χ1n) is 30.1. The number of β-amino-alcohol motifs (C(OH)–C–C–N with tert-alkyl or cyclic N) is 1. The number of thiazole rings is 1. The molecule has 6 aromatic rings. The van der Waals surface area contributed by atoms with Crippen molar-refractivity contribution in [1.82, 2.24) is 35.8 Å². The number of unbranched alkanes of at least 4 members (excludes halogenated alkanes) is 7. The van der Waals surface area contributed by atoms with Crippen molar-refractivity contribution in [2.45, 2.75) is 186 Å². The maximum Gasteiger partial charge on any atom is 0.246 e. The number of aryl methyl sites for hydroxylation is 1. The number of aliphatic hydroxyl groups excluding tert-OH is 1. The van der Waals surface area contributed by atoms with Crippen molar-refractivity contribution in [3.05, 3.63) is 94.8 Å². The van der Waals surface area contributed by atoms with Crippen LogP contribution in [0.5, 0.6) is 11.6 Å². The number of phenolic OH excluding ortho intramolecular Hbond substituents is 1. The molecule has 4 aliphatic rings. The van der Waals surface area contributed by atoms with Crippen LogP contribution in [0, 0.1) is 42.2 Å². The first kappa shape index (κ1) is 59.4. The standard InChI is InChI=1S/C66H80F2N8O6S/c1-7-50-54(67)28-25-44-30-47(77)31-52(58(44)50)60-59(68)51-33-57(74-63(53(51)34-69-60)75-35-45-26-27-46(36-75)72-45)82-49-19-16-18-41(29-49)17-14-12-10-8-9-11-13-15-20-56(79)73-62(66(4,5)6)65(81)76-37-48(78)32-55(76)64(80)71-39(2)42-21-23-43(24-22-42)61-40(3)70-38-83-61/h1,21-25,28,30-31,33-34,38-39,41,45-46,48-49,55,62,72,77-78H,8-20,26-27,29,32,35-37H2,2-6H3,(H,71,80)(H,73,79)/t39-,41?,45?,46?,48-,49?,55+,62-/m0/s1. The second kappa shape index (κ2) is 26.0. The molecule has 17 heteroatoms. The first-order valence-corrected chi connectivity index (χ1v) is 31.0. The van der Waals surface area contributed by atoms with E-state index in [4.69, 9.17) is 16.1 Å². The molecule has 3 aromatic carbocycles. The number of fused-ring (bicyclic) bond motifs is 4. The maximum atomic E-state index is 17.2. The summed E-state index contributed by atoms with van der Waals surface area (Å²) >= 11 is 1.58. The molecule has 10 rings (SSSR count). The zero-order valence-corrected chi connectivity index (χ0v) is 49.4. The minimum atomic E-state index is -0.867.